The highest BCUT2D eigenvalue weighted by Crippen LogP contribution is 2.43. The van der Waals surface area contributed by atoms with Crippen molar-refractivity contribution in [2.45, 2.75) is 57.8 Å². The molecule has 2 atom stereocenters. The van der Waals surface area contributed by atoms with Crippen LogP contribution in [0, 0.1) is 5.82 Å². The van der Waals surface area contributed by atoms with Gasteiger partial charge in [0, 0.05) is 31.6 Å². The van der Waals surface area contributed by atoms with Gasteiger partial charge in [0.2, 0.25) is 0 Å². The van der Waals surface area contributed by atoms with E-state index in [1.807, 2.05) is 0 Å². The summed E-state index contributed by atoms with van der Waals surface area (Å²) in [4.78, 5) is 0. The van der Waals surface area contributed by atoms with Gasteiger partial charge in [-0.3, -0.25) is 0 Å². The van der Waals surface area contributed by atoms with Crippen molar-refractivity contribution in [3.63, 3.8) is 0 Å². The van der Waals surface area contributed by atoms with Crippen molar-refractivity contribution < 1.29 is 13.9 Å². The summed E-state index contributed by atoms with van der Waals surface area (Å²) in [6.07, 6.45) is 1.57. The van der Waals surface area contributed by atoms with Crippen LogP contribution >= 0.6 is 0 Å². The largest absolute Gasteiger partial charge is 0.487 e. The Morgan fingerprint density at radius 3 is 2.81 bits per heavy atom. The topological polar surface area (TPSA) is 30.5 Å². The van der Waals surface area contributed by atoms with Gasteiger partial charge in [-0.2, -0.15) is 0 Å². The molecule has 0 saturated carbocycles. The van der Waals surface area contributed by atoms with Crippen molar-refractivity contribution in [2.24, 2.45) is 0 Å². The number of nitrogens with one attached hydrogen (secondary N) is 1. The first-order valence-electron chi connectivity index (χ1n) is 7.55. The van der Waals surface area contributed by atoms with E-state index in [0.29, 0.717) is 0 Å². The van der Waals surface area contributed by atoms with E-state index in [9.17, 15) is 4.39 Å². The predicted octanol–water partition coefficient (Wildman–Crippen LogP) is 3.83. The fourth-order valence-electron chi connectivity index (χ4n) is 3.24. The van der Waals surface area contributed by atoms with E-state index < -0.39 is 0 Å². The Kier molecular flexibility index (Phi) is 4.59. The number of methoxy groups -OCH3 is 1. The standard InChI is InChI=1S/C17H26FNO2/c1-6-19-14-10-17(4,11-16(2,3)20-5)21-15-8-7-12(18)9-13(14)15/h7-9,14,19H,6,10-11H2,1-5H3. The third-order valence-corrected chi connectivity index (χ3v) is 4.14. The molecule has 118 valence electrons. The molecule has 21 heavy (non-hydrogen) atoms. The second-order valence-corrected chi connectivity index (χ2v) is 6.69. The Bertz CT molecular complexity index is 504. The van der Waals surface area contributed by atoms with Crippen molar-refractivity contribution in [1.82, 2.24) is 5.32 Å². The van der Waals surface area contributed by atoms with E-state index in [1.165, 1.54) is 6.07 Å². The van der Waals surface area contributed by atoms with Gasteiger partial charge in [-0.25, -0.2) is 4.39 Å². The van der Waals surface area contributed by atoms with Crippen LogP contribution in [0.3, 0.4) is 0 Å². The average molecular weight is 295 g/mol. The van der Waals surface area contributed by atoms with Gasteiger partial charge < -0.3 is 14.8 Å². The van der Waals surface area contributed by atoms with Crippen molar-refractivity contribution in [2.75, 3.05) is 13.7 Å². The zero-order chi connectivity index (χ0) is 15.7. The lowest BCUT2D eigenvalue weighted by Gasteiger charge is -2.43. The molecule has 3 nitrogen and oxygen atoms in total. The van der Waals surface area contributed by atoms with Crippen LogP contribution in [0.15, 0.2) is 18.2 Å². The molecule has 1 aromatic rings. The average Bonchev–Trinajstić information content (AvgIpc) is 2.39. The molecule has 2 rings (SSSR count). The van der Waals surface area contributed by atoms with Gasteiger partial charge in [-0.05, 0) is 45.5 Å². The Labute approximate surface area is 126 Å². The fraction of sp³-hybridized carbons (Fsp3) is 0.647. The van der Waals surface area contributed by atoms with Crippen molar-refractivity contribution in [3.8, 4) is 5.75 Å². The summed E-state index contributed by atoms with van der Waals surface area (Å²) in [7, 11) is 1.72. The number of ether oxygens (including phenoxy) is 2. The first kappa shape index (κ1) is 16.2. The molecule has 2 unspecified atom stereocenters. The Morgan fingerprint density at radius 1 is 1.48 bits per heavy atom. The first-order valence-corrected chi connectivity index (χ1v) is 7.55. The normalized spacial score (nSPS) is 25.3. The summed E-state index contributed by atoms with van der Waals surface area (Å²) in [6, 6.07) is 4.86. The lowest BCUT2D eigenvalue weighted by Crippen LogP contribution is -2.46. The quantitative estimate of drug-likeness (QED) is 0.895. The van der Waals surface area contributed by atoms with E-state index in [4.69, 9.17) is 9.47 Å². The molecule has 4 heteroatoms. The van der Waals surface area contributed by atoms with E-state index in [2.05, 4.69) is 33.0 Å². The van der Waals surface area contributed by atoms with E-state index in [0.717, 1.165) is 30.7 Å². The lowest BCUT2D eigenvalue weighted by molar-refractivity contribution is -0.0597. The summed E-state index contributed by atoms with van der Waals surface area (Å²) >= 11 is 0. The smallest absolute Gasteiger partial charge is 0.125 e. The summed E-state index contributed by atoms with van der Waals surface area (Å²) < 4.78 is 25.3. The summed E-state index contributed by atoms with van der Waals surface area (Å²) in [5.74, 6) is 0.545. The van der Waals surface area contributed by atoms with Crippen LogP contribution in [0.5, 0.6) is 5.75 Å². The second kappa shape index (κ2) is 5.93. The number of rotatable bonds is 5. The number of hydrogen-bond donors (Lipinski definition) is 1. The molecule has 0 aliphatic carbocycles. The highest BCUT2D eigenvalue weighted by molar-refractivity contribution is 5.39. The molecule has 1 heterocycles. The zero-order valence-electron chi connectivity index (χ0n) is 13.6. The molecule has 1 N–H and O–H groups in total. The summed E-state index contributed by atoms with van der Waals surface area (Å²) in [5.41, 5.74) is 0.310. The van der Waals surface area contributed by atoms with Crippen LogP contribution in [0.4, 0.5) is 4.39 Å². The summed E-state index contributed by atoms with van der Waals surface area (Å²) in [5, 5.41) is 3.44. The number of benzene rings is 1. The molecule has 0 aromatic heterocycles. The third kappa shape index (κ3) is 3.74. The van der Waals surface area contributed by atoms with E-state index in [1.54, 1.807) is 19.2 Å². The molecule has 1 aromatic carbocycles. The molecule has 0 amide bonds. The number of fused-ring (bicyclic) bond motifs is 1. The SMILES string of the molecule is CCNC1CC(C)(CC(C)(C)OC)Oc2ccc(F)cc21. The Balaban J connectivity index is 2.31. The maximum atomic E-state index is 13.5. The predicted molar refractivity (Wildman–Crippen MR) is 82.2 cm³/mol. The lowest BCUT2D eigenvalue weighted by atomic mass is 9.81. The fourth-order valence-corrected chi connectivity index (χ4v) is 3.24. The van der Waals surface area contributed by atoms with Gasteiger partial charge in [0.25, 0.3) is 0 Å². The maximum absolute atomic E-state index is 13.5. The Morgan fingerprint density at radius 2 is 2.19 bits per heavy atom. The second-order valence-electron chi connectivity index (χ2n) is 6.69. The molecule has 0 radical (unpaired) electrons. The number of halogens is 1. The van der Waals surface area contributed by atoms with Gasteiger partial charge in [-0.15, -0.1) is 0 Å². The van der Waals surface area contributed by atoms with Gasteiger partial charge in [0.1, 0.15) is 17.2 Å². The van der Waals surface area contributed by atoms with Crippen molar-refractivity contribution in [3.05, 3.63) is 29.6 Å². The van der Waals surface area contributed by atoms with Crippen LogP contribution in [0.1, 0.15) is 52.1 Å². The molecule has 1 aliphatic heterocycles. The number of hydrogen-bond acceptors (Lipinski definition) is 3. The first-order chi connectivity index (χ1) is 9.78. The minimum Gasteiger partial charge on any atom is -0.487 e. The van der Waals surface area contributed by atoms with Crippen LogP contribution in [-0.4, -0.2) is 24.9 Å². The zero-order valence-corrected chi connectivity index (χ0v) is 13.6. The minimum absolute atomic E-state index is 0.104. The van der Waals surface area contributed by atoms with Crippen LogP contribution < -0.4 is 10.1 Å². The minimum atomic E-state index is -0.336. The van der Waals surface area contributed by atoms with Gasteiger partial charge in [0.15, 0.2) is 0 Å². The van der Waals surface area contributed by atoms with E-state index in [-0.39, 0.29) is 23.1 Å². The van der Waals surface area contributed by atoms with E-state index >= 15 is 0 Å². The molecule has 0 fully saturated rings. The molecule has 0 saturated heterocycles. The van der Waals surface area contributed by atoms with Gasteiger partial charge in [-0.1, -0.05) is 6.92 Å². The monoisotopic (exact) mass is 295 g/mol. The van der Waals surface area contributed by atoms with Gasteiger partial charge in [0.05, 0.1) is 5.60 Å². The van der Waals surface area contributed by atoms with Crippen molar-refractivity contribution >= 4 is 0 Å². The highest BCUT2D eigenvalue weighted by Gasteiger charge is 2.41. The molecule has 1 aliphatic rings. The highest BCUT2D eigenvalue weighted by atomic mass is 19.1. The van der Waals surface area contributed by atoms with Crippen LogP contribution in [-0.2, 0) is 4.74 Å². The van der Waals surface area contributed by atoms with Gasteiger partial charge >= 0.3 is 0 Å². The maximum Gasteiger partial charge on any atom is 0.125 e. The molecular formula is C17H26FNO2. The molecule has 0 spiro atoms. The van der Waals surface area contributed by atoms with Crippen LogP contribution in [0.25, 0.3) is 0 Å². The molecular weight excluding hydrogens is 269 g/mol. The third-order valence-electron chi connectivity index (χ3n) is 4.14. The molecule has 0 bridgehead atoms. The summed E-state index contributed by atoms with van der Waals surface area (Å²) in [6.45, 7) is 9.12. The Hall–Kier alpha value is -1.13. The van der Waals surface area contributed by atoms with Crippen LogP contribution in [0.2, 0.25) is 0 Å². The van der Waals surface area contributed by atoms with Crippen molar-refractivity contribution in [1.29, 1.82) is 0 Å².